The van der Waals surface area contributed by atoms with Crippen molar-refractivity contribution in [3.8, 4) is 11.1 Å². The fraction of sp³-hybridized carbons (Fsp3) is 0.364. The third-order valence-corrected chi connectivity index (χ3v) is 5.01. The lowest BCUT2D eigenvalue weighted by molar-refractivity contribution is -0.0159. The molecule has 2 aromatic carbocycles. The van der Waals surface area contributed by atoms with Crippen LogP contribution in [0.1, 0.15) is 49.7 Å². The van der Waals surface area contributed by atoms with Gasteiger partial charge >= 0.3 is 6.09 Å². The van der Waals surface area contributed by atoms with Gasteiger partial charge in [0, 0.05) is 5.92 Å². The molecule has 0 bridgehead atoms. The van der Waals surface area contributed by atoms with E-state index in [1.54, 1.807) is 0 Å². The predicted octanol–water partition coefficient (Wildman–Crippen LogP) is 3.59. The van der Waals surface area contributed by atoms with Crippen LogP contribution in [0.2, 0.25) is 0 Å². The number of H-pyrrole nitrogens is 1. The standard InChI is InChI=1S/C22H25N5O3/c1-22(2,3)30-13-19(20-24-26-27-25-20)23-21(28)29-12-18-16-10-6-4-8-14(16)15-9-5-7-11-17(15)18/h4-11,18-19H,12-13H2,1-3H3,(H,23,28)(H,24,25,26,27). The molecule has 1 unspecified atom stereocenters. The molecule has 1 heterocycles. The molecular formula is C22H25N5O3. The molecule has 3 aromatic rings. The predicted molar refractivity (Wildman–Crippen MR) is 111 cm³/mol. The number of ether oxygens (including phenoxy) is 2. The van der Waals surface area contributed by atoms with Crippen molar-refractivity contribution in [3.63, 3.8) is 0 Å². The molecule has 1 atom stereocenters. The van der Waals surface area contributed by atoms with Crippen molar-refractivity contribution in [1.82, 2.24) is 25.9 Å². The van der Waals surface area contributed by atoms with E-state index in [1.165, 1.54) is 22.3 Å². The van der Waals surface area contributed by atoms with Gasteiger partial charge in [-0.15, -0.1) is 5.10 Å². The summed E-state index contributed by atoms with van der Waals surface area (Å²) in [6.07, 6.45) is -0.546. The minimum absolute atomic E-state index is 0.000582. The number of carbonyl (C=O) groups is 1. The SMILES string of the molecule is CC(C)(C)OCC(NC(=O)OCC1c2ccccc2-c2ccccc21)c1nnn[nH]1. The van der Waals surface area contributed by atoms with Crippen LogP contribution in [0.25, 0.3) is 11.1 Å². The average Bonchev–Trinajstić information content (AvgIpc) is 3.36. The number of rotatable bonds is 6. The molecule has 1 aromatic heterocycles. The van der Waals surface area contributed by atoms with Crippen molar-refractivity contribution in [3.05, 3.63) is 65.5 Å². The molecule has 0 aliphatic heterocycles. The monoisotopic (exact) mass is 407 g/mol. The van der Waals surface area contributed by atoms with Crippen molar-refractivity contribution >= 4 is 6.09 Å². The van der Waals surface area contributed by atoms with Crippen LogP contribution in [0.5, 0.6) is 0 Å². The number of carbonyl (C=O) groups excluding carboxylic acids is 1. The second kappa shape index (κ2) is 8.23. The van der Waals surface area contributed by atoms with Crippen LogP contribution in [-0.2, 0) is 9.47 Å². The van der Waals surface area contributed by atoms with Crippen molar-refractivity contribution in [1.29, 1.82) is 0 Å². The number of benzene rings is 2. The van der Waals surface area contributed by atoms with Gasteiger partial charge in [0.25, 0.3) is 0 Å². The zero-order chi connectivity index (χ0) is 21.1. The van der Waals surface area contributed by atoms with E-state index in [2.05, 4.69) is 50.2 Å². The Morgan fingerprint density at radius 1 is 1.10 bits per heavy atom. The molecule has 8 nitrogen and oxygen atoms in total. The molecule has 0 spiro atoms. The summed E-state index contributed by atoms with van der Waals surface area (Å²) in [6, 6.07) is 15.9. The smallest absolute Gasteiger partial charge is 0.407 e. The van der Waals surface area contributed by atoms with Crippen LogP contribution in [0, 0.1) is 0 Å². The minimum Gasteiger partial charge on any atom is -0.449 e. The lowest BCUT2D eigenvalue weighted by atomic mass is 9.98. The van der Waals surface area contributed by atoms with E-state index in [-0.39, 0.29) is 24.7 Å². The topological polar surface area (TPSA) is 102 Å². The molecule has 0 radical (unpaired) electrons. The first-order valence-electron chi connectivity index (χ1n) is 9.91. The number of hydrogen-bond donors (Lipinski definition) is 2. The number of amides is 1. The normalized spacial score (nSPS) is 14.1. The fourth-order valence-electron chi connectivity index (χ4n) is 3.62. The van der Waals surface area contributed by atoms with Gasteiger partial charge in [-0.3, -0.25) is 0 Å². The van der Waals surface area contributed by atoms with Crippen molar-refractivity contribution in [2.24, 2.45) is 0 Å². The lowest BCUT2D eigenvalue weighted by Crippen LogP contribution is -2.35. The molecule has 4 rings (SSSR count). The number of hydrogen-bond acceptors (Lipinski definition) is 6. The van der Waals surface area contributed by atoms with E-state index in [9.17, 15) is 4.79 Å². The van der Waals surface area contributed by atoms with Crippen molar-refractivity contribution < 1.29 is 14.3 Å². The van der Waals surface area contributed by atoms with Crippen LogP contribution in [0.3, 0.4) is 0 Å². The minimum atomic E-state index is -0.546. The second-order valence-electron chi connectivity index (χ2n) is 8.23. The van der Waals surface area contributed by atoms with E-state index in [0.29, 0.717) is 5.82 Å². The van der Waals surface area contributed by atoms with Crippen LogP contribution in [0.15, 0.2) is 48.5 Å². The summed E-state index contributed by atoms with van der Waals surface area (Å²) in [5, 5.41) is 16.6. The summed E-state index contributed by atoms with van der Waals surface area (Å²) in [5.74, 6) is 0.409. The molecule has 8 heteroatoms. The summed E-state index contributed by atoms with van der Waals surface area (Å²) in [5.41, 5.74) is 4.34. The van der Waals surface area contributed by atoms with E-state index in [4.69, 9.17) is 9.47 Å². The highest BCUT2D eigenvalue weighted by Crippen LogP contribution is 2.44. The molecule has 30 heavy (non-hydrogen) atoms. The van der Waals surface area contributed by atoms with E-state index in [1.807, 2.05) is 45.0 Å². The molecule has 0 saturated heterocycles. The number of nitrogens with zero attached hydrogens (tertiary/aromatic N) is 3. The zero-order valence-electron chi connectivity index (χ0n) is 17.3. The van der Waals surface area contributed by atoms with Crippen LogP contribution >= 0.6 is 0 Å². The molecule has 1 aliphatic rings. The molecule has 1 amide bonds. The van der Waals surface area contributed by atoms with Crippen LogP contribution in [-0.4, -0.2) is 45.5 Å². The van der Waals surface area contributed by atoms with E-state index < -0.39 is 12.1 Å². The summed E-state index contributed by atoms with van der Waals surface area (Å²) in [4.78, 5) is 12.6. The van der Waals surface area contributed by atoms with Gasteiger partial charge in [0.1, 0.15) is 12.6 Å². The Bertz CT molecular complexity index is 968. The first-order chi connectivity index (χ1) is 14.4. The van der Waals surface area contributed by atoms with Gasteiger partial charge in [-0.2, -0.15) is 0 Å². The maximum Gasteiger partial charge on any atom is 0.407 e. The van der Waals surface area contributed by atoms with Crippen LogP contribution < -0.4 is 5.32 Å². The summed E-state index contributed by atoms with van der Waals surface area (Å²) in [6.45, 7) is 6.27. The Balaban J connectivity index is 1.44. The third kappa shape index (κ3) is 4.33. The number of aromatic nitrogens is 4. The van der Waals surface area contributed by atoms with Crippen molar-refractivity contribution in [2.75, 3.05) is 13.2 Å². The first kappa shape index (κ1) is 20.0. The molecule has 0 fully saturated rings. The quantitative estimate of drug-likeness (QED) is 0.647. The van der Waals surface area contributed by atoms with Gasteiger partial charge in [0.15, 0.2) is 5.82 Å². The van der Waals surface area contributed by atoms with Gasteiger partial charge in [-0.05, 0) is 53.5 Å². The zero-order valence-corrected chi connectivity index (χ0v) is 17.3. The molecule has 156 valence electrons. The number of alkyl carbamates (subject to hydrolysis) is 1. The van der Waals surface area contributed by atoms with Gasteiger partial charge in [0.05, 0.1) is 12.2 Å². The number of tetrazole rings is 1. The summed E-state index contributed by atoms with van der Waals surface area (Å²) < 4.78 is 11.4. The Morgan fingerprint density at radius 2 is 1.73 bits per heavy atom. The Kier molecular flexibility index (Phi) is 5.50. The Hall–Kier alpha value is -3.26. The molecule has 2 N–H and O–H groups in total. The highest BCUT2D eigenvalue weighted by atomic mass is 16.5. The van der Waals surface area contributed by atoms with E-state index in [0.717, 1.165) is 0 Å². The number of aromatic amines is 1. The van der Waals surface area contributed by atoms with Gasteiger partial charge in [-0.1, -0.05) is 48.5 Å². The Morgan fingerprint density at radius 3 is 2.30 bits per heavy atom. The maximum absolute atomic E-state index is 12.6. The largest absolute Gasteiger partial charge is 0.449 e. The fourth-order valence-corrected chi connectivity index (χ4v) is 3.62. The highest BCUT2D eigenvalue weighted by molar-refractivity contribution is 5.79. The van der Waals surface area contributed by atoms with Gasteiger partial charge < -0.3 is 14.8 Å². The first-order valence-corrected chi connectivity index (χ1v) is 9.91. The third-order valence-electron chi connectivity index (χ3n) is 5.01. The molecule has 1 aliphatic carbocycles. The van der Waals surface area contributed by atoms with Gasteiger partial charge in [0.2, 0.25) is 0 Å². The molecular weight excluding hydrogens is 382 g/mol. The van der Waals surface area contributed by atoms with Crippen LogP contribution in [0.4, 0.5) is 4.79 Å². The lowest BCUT2D eigenvalue weighted by Gasteiger charge is -2.24. The Labute approximate surface area is 175 Å². The summed E-state index contributed by atoms with van der Waals surface area (Å²) >= 11 is 0. The van der Waals surface area contributed by atoms with Gasteiger partial charge in [-0.25, -0.2) is 9.89 Å². The summed E-state index contributed by atoms with van der Waals surface area (Å²) in [7, 11) is 0. The van der Waals surface area contributed by atoms with Crippen molar-refractivity contribution in [2.45, 2.75) is 38.3 Å². The number of fused-ring (bicyclic) bond motifs is 3. The molecule has 0 saturated carbocycles. The highest BCUT2D eigenvalue weighted by Gasteiger charge is 2.29. The maximum atomic E-state index is 12.6. The van der Waals surface area contributed by atoms with E-state index >= 15 is 0 Å². The average molecular weight is 407 g/mol. The second-order valence-corrected chi connectivity index (χ2v) is 8.23. The number of nitrogens with one attached hydrogen (secondary N) is 2.